The van der Waals surface area contributed by atoms with Gasteiger partial charge in [-0.2, -0.15) is 9.97 Å². The molecule has 0 N–H and O–H groups in total. The lowest BCUT2D eigenvalue weighted by Gasteiger charge is -2.19. The standard InChI is InChI=1S/C42H36N4/c1-25-7-10-30-22-32(14-12-28(30)19-25)39-43-40(33-15-13-29-20-26(2)8-11-31(29)23-33)45-41(44-39)46-37-17-9-27(3)21-35(37)36-24-34(42(4,5)6)16-18-38(36)46/h7-24H,1-6H3. The predicted octanol–water partition coefficient (Wildman–Crippen LogP) is 10.8. The number of hydrogen-bond donors (Lipinski definition) is 0. The first kappa shape index (κ1) is 28.1. The number of aromatic nitrogens is 4. The highest BCUT2D eigenvalue weighted by atomic mass is 15.2. The molecule has 0 atom stereocenters. The van der Waals surface area contributed by atoms with Crippen molar-refractivity contribution in [3.05, 3.63) is 131 Å². The second kappa shape index (κ2) is 10.3. The molecule has 2 heterocycles. The second-order valence-corrected chi connectivity index (χ2v) is 13.8. The summed E-state index contributed by atoms with van der Waals surface area (Å²) < 4.78 is 2.21. The summed E-state index contributed by atoms with van der Waals surface area (Å²) in [5.41, 5.74) is 9.13. The van der Waals surface area contributed by atoms with Crippen molar-refractivity contribution in [1.29, 1.82) is 0 Å². The quantitative estimate of drug-likeness (QED) is 0.204. The molecule has 0 radical (unpaired) electrons. The normalized spacial score (nSPS) is 12.1. The maximum Gasteiger partial charge on any atom is 0.238 e. The summed E-state index contributed by atoms with van der Waals surface area (Å²) in [6.07, 6.45) is 0. The van der Waals surface area contributed by atoms with Crippen molar-refractivity contribution in [2.75, 3.05) is 0 Å². The van der Waals surface area contributed by atoms with Gasteiger partial charge in [-0.1, -0.05) is 110 Å². The number of aryl methyl sites for hydroxylation is 3. The fourth-order valence-electron chi connectivity index (χ4n) is 6.55. The highest BCUT2D eigenvalue weighted by Gasteiger charge is 2.21. The largest absolute Gasteiger partial charge is 0.278 e. The molecule has 0 saturated heterocycles. The molecule has 0 aliphatic carbocycles. The van der Waals surface area contributed by atoms with Gasteiger partial charge in [0.1, 0.15) is 0 Å². The van der Waals surface area contributed by atoms with Crippen LogP contribution in [0.2, 0.25) is 0 Å². The fraction of sp³-hybridized carbons (Fsp3) is 0.167. The van der Waals surface area contributed by atoms with E-state index in [-0.39, 0.29) is 5.41 Å². The number of benzene rings is 6. The summed E-state index contributed by atoms with van der Waals surface area (Å²) in [5, 5.41) is 7.14. The van der Waals surface area contributed by atoms with E-state index in [1.165, 1.54) is 43.8 Å². The second-order valence-electron chi connectivity index (χ2n) is 13.8. The molecule has 0 bridgehead atoms. The van der Waals surface area contributed by atoms with Crippen molar-refractivity contribution in [2.24, 2.45) is 0 Å². The van der Waals surface area contributed by atoms with Gasteiger partial charge in [-0.25, -0.2) is 4.98 Å². The average Bonchev–Trinajstić information content (AvgIpc) is 3.36. The molecule has 8 rings (SSSR count). The van der Waals surface area contributed by atoms with Gasteiger partial charge in [0.05, 0.1) is 11.0 Å². The zero-order valence-corrected chi connectivity index (χ0v) is 27.2. The minimum Gasteiger partial charge on any atom is -0.278 e. The SMILES string of the molecule is Cc1ccc2cc(-c3nc(-c4ccc5cc(C)ccc5c4)nc(-n4c5ccc(C)cc5c5cc(C(C)(C)C)ccc54)n3)ccc2c1. The Bertz CT molecular complexity index is 2390. The fourth-order valence-corrected chi connectivity index (χ4v) is 6.55. The van der Waals surface area contributed by atoms with Crippen LogP contribution in [0.15, 0.2) is 109 Å². The van der Waals surface area contributed by atoms with E-state index in [1.54, 1.807) is 0 Å². The van der Waals surface area contributed by atoms with E-state index in [4.69, 9.17) is 15.0 Å². The molecule has 6 aromatic carbocycles. The van der Waals surface area contributed by atoms with Gasteiger partial charge in [-0.05, 0) is 89.7 Å². The number of hydrogen-bond acceptors (Lipinski definition) is 3. The molecular formula is C42H36N4. The summed E-state index contributed by atoms with van der Waals surface area (Å²) in [6, 6.07) is 39.5. The summed E-state index contributed by atoms with van der Waals surface area (Å²) >= 11 is 0. The molecule has 0 spiro atoms. The Hall–Kier alpha value is -5.35. The highest BCUT2D eigenvalue weighted by molar-refractivity contribution is 6.09. The van der Waals surface area contributed by atoms with Gasteiger partial charge in [0.15, 0.2) is 11.6 Å². The number of nitrogens with zero attached hydrogens (tertiary/aromatic N) is 4. The van der Waals surface area contributed by atoms with E-state index in [1.807, 2.05) is 0 Å². The topological polar surface area (TPSA) is 43.6 Å². The van der Waals surface area contributed by atoms with Crippen molar-refractivity contribution in [3.63, 3.8) is 0 Å². The summed E-state index contributed by atoms with van der Waals surface area (Å²) in [5.74, 6) is 1.92. The van der Waals surface area contributed by atoms with Gasteiger partial charge >= 0.3 is 0 Å². The van der Waals surface area contributed by atoms with Crippen LogP contribution >= 0.6 is 0 Å². The van der Waals surface area contributed by atoms with E-state index in [9.17, 15) is 0 Å². The molecule has 8 aromatic rings. The van der Waals surface area contributed by atoms with Crippen LogP contribution in [0.4, 0.5) is 0 Å². The van der Waals surface area contributed by atoms with Gasteiger partial charge in [0.2, 0.25) is 5.95 Å². The maximum atomic E-state index is 5.20. The predicted molar refractivity (Wildman–Crippen MR) is 193 cm³/mol. The van der Waals surface area contributed by atoms with Crippen LogP contribution in [-0.4, -0.2) is 19.5 Å². The molecular weight excluding hydrogens is 560 g/mol. The summed E-state index contributed by atoms with van der Waals surface area (Å²) in [6.45, 7) is 13.2. The van der Waals surface area contributed by atoms with Crippen LogP contribution in [0.5, 0.6) is 0 Å². The molecule has 0 aliphatic heterocycles. The molecule has 0 aliphatic rings. The van der Waals surface area contributed by atoms with Crippen molar-refractivity contribution in [2.45, 2.75) is 47.0 Å². The zero-order chi connectivity index (χ0) is 31.7. The Labute approximate surface area is 269 Å². The van der Waals surface area contributed by atoms with E-state index >= 15 is 0 Å². The van der Waals surface area contributed by atoms with Crippen LogP contribution in [0.3, 0.4) is 0 Å². The smallest absolute Gasteiger partial charge is 0.238 e. The van der Waals surface area contributed by atoms with Crippen molar-refractivity contribution in [1.82, 2.24) is 19.5 Å². The van der Waals surface area contributed by atoms with E-state index < -0.39 is 0 Å². The number of fused-ring (bicyclic) bond motifs is 5. The summed E-state index contributed by atoms with van der Waals surface area (Å²) in [4.78, 5) is 15.5. The molecule has 0 amide bonds. The van der Waals surface area contributed by atoms with Gasteiger partial charge in [0.25, 0.3) is 0 Å². The first-order valence-corrected chi connectivity index (χ1v) is 15.9. The van der Waals surface area contributed by atoms with E-state index in [2.05, 4.69) is 155 Å². The lowest BCUT2D eigenvalue weighted by atomic mass is 9.86. The van der Waals surface area contributed by atoms with Crippen molar-refractivity contribution in [3.8, 4) is 28.7 Å². The number of rotatable bonds is 3. The van der Waals surface area contributed by atoms with E-state index in [0.717, 1.165) is 32.9 Å². The molecule has 4 nitrogen and oxygen atoms in total. The lowest BCUT2D eigenvalue weighted by molar-refractivity contribution is 0.591. The Morgan fingerprint density at radius 1 is 0.457 bits per heavy atom. The van der Waals surface area contributed by atoms with Gasteiger partial charge in [-0.15, -0.1) is 0 Å². The van der Waals surface area contributed by atoms with Gasteiger partial charge < -0.3 is 0 Å². The minimum atomic E-state index is 0.0309. The zero-order valence-electron chi connectivity index (χ0n) is 27.2. The van der Waals surface area contributed by atoms with Crippen molar-refractivity contribution >= 4 is 43.4 Å². The molecule has 2 aromatic heterocycles. The maximum absolute atomic E-state index is 5.20. The Balaban J connectivity index is 1.41. The van der Waals surface area contributed by atoms with Crippen LogP contribution in [0, 0.1) is 20.8 Å². The highest BCUT2D eigenvalue weighted by Crippen LogP contribution is 2.36. The molecule has 0 fully saturated rings. The van der Waals surface area contributed by atoms with Gasteiger partial charge in [0, 0.05) is 21.9 Å². The third-order valence-electron chi connectivity index (χ3n) is 9.12. The Kier molecular flexibility index (Phi) is 6.33. The first-order valence-electron chi connectivity index (χ1n) is 15.9. The van der Waals surface area contributed by atoms with Crippen molar-refractivity contribution < 1.29 is 0 Å². The molecule has 0 unspecified atom stereocenters. The molecule has 0 saturated carbocycles. The third kappa shape index (κ3) is 4.82. The molecule has 46 heavy (non-hydrogen) atoms. The monoisotopic (exact) mass is 596 g/mol. The third-order valence-corrected chi connectivity index (χ3v) is 9.12. The molecule has 224 valence electrons. The van der Waals surface area contributed by atoms with Crippen LogP contribution in [0.25, 0.3) is 72.1 Å². The first-order chi connectivity index (χ1) is 22.1. The van der Waals surface area contributed by atoms with Crippen LogP contribution in [-0.2, 0) is 5.41 Å². The van der Waals surface area contributed by atoms with Crippen LogP contribution in [0.1, 0.15) is 43.0 Å². The summed E-state index contributed by atoms with van der Waals surface area (Å²) in [7, 11) is 0. The molecule has 4 heteroatoms. The Morgan fingerprint density at radius 3 is 1.48 bits per heavy atom. The van der Waals surface area contributed by atoms with Gasteiger partial charge in [-0.3, -0.25) is 4.57 Å². The average molecular weight is 597 g/mol. The van der Waals surface area contributed by atoms with E-state index in [0.29, 0.717) is 17.6 Å². The minimum absolute atomic E-state index is 0.0309. The van der Waals surface area contributed by atoms with Crippen LogP contribution < -0.4 is 0 Å². The Morgan fingerprint density at radius 2 is 0.913 bits per heavy atom. The lowest BCUT2D eigenvalue weighted by Crippen LogP contribution is -2.10.